The molecular formula is C12H10F3N3OS. The molecule has 20 heavy (non-hydrogen) atoms. The third-order valence-electron chi connectivity index (χ3n) is 2.26. The molecule has 0 saturated heterocycles. The SMILES string of the molecule is COc1ccc(Sc2cc(N)nc(C(F)(F)F)n2)cc1. The summed E-state index contributed by atoms with van der Waals surface area (Å²) < 4.78 is 42.7. The lowest BCUT2D eigenvalue weighted by Gasteiger charge is -2.08. The molecule has 0 aliphatic carbocycles. The summed E-state index contributed by atoms with van der Waals surface area (Å²) in [5.74, 6) is -0.801. The second-order valence-electron chi connectivity index (χ2n) is 3.73. The first-order valence-corrected chi connectivity index (χ1v) is 6.24. The van der Waals surface area contributed by atoms with Crippen molar-refractivity contribution in [2.75, 3.05) is 12.8 Å². The minimum atomic E-state index is -4.62. The summed E-state index contributed by atoms with van der Waals surface area (Å²) in [7, 11) is 1.53. The number of nitrogens with zero attached hydrogens (tertiary/aromatic N) is 2. The highest BCUT2D eigenvalue weighted by Gasteiger charge is 2.35. The minimum absolute atomic E-state index is 0.134. The zero-order valence-electron chi connectivity index (χ0n) is 10.3. The van der Waals surface area contributed by atoms with E-state index in [1.165, 1.54) is 13.2 Å². The molecule has 2 aromatic rings. The smallest absolute Gasteiger partial charge is 0.451 e. The van der Waals surface area contributed by atoms with Gasteiger partial charge in [0.15, 0.2) is 0 Å². The third kappa shape index (κ3) is 3.53. The molecule has 2 rings (SSSR count). The number of hydrogen-bond acceptors (Lipinski definition) is 5. The summed E-state index contributed by atoms with van der Waals surface area (Å²) in [6, 6.07) is 8.14. The van der Waals surface area contributed by atoms with E-state index in [4.69, 9.17) is 10.5 Å². The summed E-state index contributed by atoms with van der Waals surface area (Å²) in [6.45, 7) is 0. The monoisotopic (exact) mass is 301 g/mol. The van der Waals surface area contributed by atoms with Crippen molar-refractivity contribution in [2.24, 2.45) is 0 Å². The predicted octanol–water partition coefficient (Wildman–Crippen LogP) is 3.24. The van der Waals surface area contributed by atoms with Gasteiger partial charge in [-0.2, -0.15) is 13.2 Å². The van der Waals surface area contributed by atoms with Gasteiger partial charge in [-0.3, -0.25) is 0 Å². The normalized spacial score (nSPS) is 11.4. The van der Waals surface area contributed by atoms with E-state index < -0.39 is 12.0 Å². The summed E-state index contributed by atoms with van der Waals surface area (Å²) >= 11 is 1.06. The van der Waals surface area contributed by atoms with Crippen LogP contribution >= 0.6 is 11.8 Å². The quantitative estimate of drug-likeness (QED) is 0.882. The number of nitrogens with two attached hydrogens (primary N) is 1. The van der Waals surface area contributed by atoms with Crippen molar-refractivity contribution < 1.29 is 17.9 Å². The molecule has 0 radical (unpaired) electrons. The molecule has 0 atom stereocenters. The molecule has 1 aromatic heterocycles. The number of benzene rings is 1. The first-order valence-electron chi connectivity index (χ1n) is 5.42. The van der Waals surface area contributed by atoms with Gasteiger partial charge in [0.1, 0.15) is 16.6 Å². The van der Waals surface area contributed by atoms with Gasteiger partial charge in [0.05, 0.1) is 7.11 Å². The highest BCUT2D eigenvalue weighted by molar-refractivity contribution is 7.99. The summed E-state index contributed by atoms with van der Waals surface area (Å²) in [5.41, 5.74) is 5.37. The number of nitrogen functional groups attached to an aromatic ring is 1. The number of anilines is 1. The molecule has 0 aliphatic rings. The van der Waals surface area contributed by atoms with E-state index in [-0.39, 0.29) is 10.8 Å². The fourth-order valence-electron chi connectivity index (χ4n) is 1.39. The molecule has 0 bridgehead atoms. The van der Waals surface area contributed by atoms with Gasteiger partial charge in [-0.1, -0.05) is 11.8 Å². The Kier molecular flexibility index (Phi) is 4.03. The Morgan fingerprint density at radius 1 is 1.15 bits per heavy atom. The molecule has 1 heterocycles. The Labute approximate surface area is 117 Å². The van der Waals surface area contributed by atoms with Crippen molar-refractivity contribution in [3.63, 3.8) is 0 Å². The maximum Gasteiger partial charge on any atom is 0.451 e. The van der Waals surface area contributed by atoms with Crippen molar-refractivity contribution in [3.05, 3.63) is 36.2 Å². The van der Waals surface area contributed by atoms with Gasteiger partial charge in [0.25, 0.3) is 0 Å². The minimum Gasteiger partial charge on any atom is -0.497 e. The average Bonchev–Trinajstić information content (AvgIpc) is 2.38. The van der Waals surface area contributed by atoms with Crippen LogP contribution in [0.2, 0.25) is 0 Å². The van der Waals surface area contributed by atoms with Gasteiger partial charge in [0, 0.05) is 11.0 Å². The highest BCUT2D eigenvalue weighted by Crippen LogP contribution is 2.32. The van der Waals surface area contributed by atoms with Gasteiger partial charge < -0.3 is 10.5 Å². The number of rotatable bonds is 3. The van der Waals surface area contributed by atoms with Gasteiger partial charge >= 0.3 is 6.18 Å². The van der Waals surface area contributed by atoms with Crippen LogP contribution in [0.1, 0.15) is 5.82 Å². The number of ether oxygens (including phenoxy) is 1. The Morgan fingerprint density at radius 2 is 1.80 bits per heavy atom. The van der Waals surface area contributed by atoms with Crippen molar-refractivity contribution in [2.45, 2.75) is 16.1 Å². The van der Waals surface area contributed by atoms with Crippen LogP contribution in [-0.4, -0.2) is 17.1 Å². The molecule has 0 saturated carbocycles. The molecule has 1 aromatic carbocycles. The lowest BCUT2D eigenvalue weighted by Crippen LogP contribution is -2.12. The van der Waals surface area contributed by atoms with Crippen LogP contribution < -0.4 is 10.5 Å². The van der Waals surface area contributed by atoms with Crippen LogP contribution in [0, 0.1) is 0 Å². The Morgan fingerprint density at radius 3 is 2.35 bits per heavy atom. The summed E-state index contributed by atoms with van der Waals surface area (Å²) in [4.78, 5) is 7.36. The number of aromatic nitrogens is 2. The Bertz CT molecular complexity index is 602. The first kappa shape index (κ1) is 14.4. The Balaban J connectivity index is 2.26. The largest absolute Gasteiger partial charge is 0.497 e. The summed E-state index contributed by atoms with van der Waals surface area (Å²) in [6.07, 6.45) is -4.62. The van der Waals surface area contributed by atoms with Gasteiger partial charge in [0.2, 0.25) is 5.82 Å². The number of halogens is 3. The molecule has 2 N–H and O–H groups in total. The predicted molar refractivity (Wildman–Crippen MR) is 68.6 cm³/mol. The second kappa shape index (κ2) is 5.58. The van der Waals surface area contributed by atoms with Crippen LogP contribution in [0.15, 0.2) is 40.3 Å². The molecule has 0 fully saturated rings. The van der Waals surface area contributed by atoms with Crippen LogP contribution in [-0.2, 0) is 6.18 Å². The number of hydrogen-bond donors (Lipinski definition) is 1. The molecule has 8 heteroatoms. The van der Waals surface area contributed by atoms with E-state index in [0.29, 0.717) is 5.75 Å². The second-order valence-corrected chi connectivity index (χ2v) is 4.82. The fraction of sp³-hybridized carbons (Fsp3) is 0.167. The standard InChI is InChI=1S/C12H10F3N3OS/c1-19-7-2-4-8(5-3-7)20-10-6-9(16)17-11(18-10)12(13,14)15/h2-6H,1H3,(H2,16,17,18). The molecule has 4 nitrogen and oxygen atoms in total. The first-order chi connectivity index (χ1) is 9.38. The van der Waals surface area contributed by atoms with E-state index in [1.54, 1.807) is 24.3 Å². The summed E-state index contributed by atoms with van der Waals surface area (Å²) in [5, 5.41) is 0.134. The topological polar surface area (TPSA) is 61.0 Å². The highest BCUT2D eigenvalue weighted by atomic mass is 32.2. The van der Waals surface area contributed by atoms with E-state index in [9.17, 15) is 13.2 Å². The van der Waals surface area contributed by atoms with E-state index in [1.807, 2.05) is 0 Å². The Hall–Kier alpha value is -1.96. The van der Waals surface area contributed by atoms with E-state index in [2.05, 4.69) is 9.97 Å². The molecule has 0 unspecified atom stereocenters. The average molecular weight is 301 g/mol. The maximum atomic E-state index is 12.6. The number of alkyl halides is 3. The maximum absolute atomic E-state index is 12.6. The molecule has 106 valence electrons. The van der Waals surface area contributed by atoms with Gasteiger partial charge in [-0.15, -0.1) is 0 Å². The molecule has 0 spiro atoms. The van der Waals surface area contributed by atoms with Crippen molar-refractivity contribution in [1.29, 1.82) is 0 Å². The van der Waals surface area contributed by atoms with Crippen LogP contribution in [0.5, 0.6) is 5.75 Å². The van der Waals surface area contributed by atoms with Crippen molar-refractivity contribution in [3.8, 4) is 5.75 Å². The molecule has 0 aliphatic heterocycles. The zero-order chi connectivity index (χ0) is 14.8. The van der Waals surface area contributed by atoms with Gasteiger partial charge in [-0.05, 0) is 24.3 Å². The van der Waals surface area contributed by atoms with E-state index in [0.717, 1.165) is 16.7 Å². The zero-order valence-corrected chi connectivity index (χ0v) is 11.1. The van der Waals surface area contributed by atoms with Crippen LogP contribution in [0.25, 0.3) is 0 Å². The lowest BCUT2D eigenvalue weighted by molar-refractivity contribution is -0.145. The van der Waals surface area contributed by atoms with Crippen LogP contribution in [0.3, 0.4) is 0 Å². The van der Waals surface area contributed by atoms with Crippen molar-refractivity contribution in [1.82, 2.24) is 9.97 Å². The van der Waals surface area contributed by atoms with E-state index >= 15 is 0 Å². The third-order valence-corrected chi connectivity index (χ3v) is 3.18. The molecule has 0 amide bonds. The van der Waals surface area contributed by atoms with Crippen molar-refractivity contribution >= 4 is 17.6 Å². The van der Waals surface area contributed by atoms with Crippen LogP contribution in [0.4, 0.5) is 19.0 Å². The van der Waals surface area contributed by atoms with Gasteiger partial charge in [-0.25, -0.2) is 9.97 Å². The number of methoxy groups -OCH3 is 1. The lowest BCUT2D eigenvalue weighted by atomic mass is 10.3. The molecular weight excluding hydrogens is 291 g/mol. The fourth-order valence-corrected chi connectivity index (χ4v) is 2.21.